The fourth-order valence-electron chi connectivity index (χ4n) is 1.94. The maximum atomic E-state index is 6.21. The van der Waals surface area contributed by atoms with Crippen LogP contribution in [0.5, 0.6) is 0 Å². The van der Waals surface area contributed by atoms with Crippen LogP contribution in [0.25, 0.3) is 0 Å². The maximum absolute atomic E-state index is 6.21. The van der Waals surface area contributed by atoms with Crippen molar-refractivity contribution in [1.29, 1.82) is 0 Å². The Morgan fingerprint density at radius 2 is 1.94 bits per heavy atom. The standard InChI is InChI=1S/C15H19N3/c1-3-5-12-6-4-7-13(8-12)14(16)15-17-9-11(2)10-18-15/h4,6-10,14H,3,5,16H2,1-2H3. The Bertz CT molecular complexity index is 505. The molecule has 0 aliphatic carbocycles. The molecular weight excluding hydrogens is 222 g/mol. The molecule has 1 heterocycles. The van der Waals surface area contributed by atoms with Crippen molar-refractivity contribution in [3.8, 4) is 0 Å². The molecule has 0 aliphatic heterocycles. The average molecular weight is 241 g/mol. The molecule has 0 saturated carbocycles. The van der Waals surface area contributed by atoms with Crippen molar-refractivity contribution >= 4 is 0 Å². The molecule has 1 unspecified atom stereocenters. The number of aromatic nitrogens is 2. The van der Waals surface area contributed by atoms with Gasteiger partial charge in [-0.2, -0.15) is 0 Å². The topological polar surface area (TPSA) is 51.8 Å². The molecule has 3 nitrogen and oxygen atoms in total. The molecule has 0 saturated heterocycles. The van der Waals surface area contributed by atoms with Crippen LogP contribution < -0.4 is 5.73 Å². The molecule has 3 heteroatoms. The third kappa shape index (κ3) is 2.93. The summed E-state index contributed by atoms with van der Waals surface area (Å²) in [5.74, 6) is 0.675. The van der Waals surface area contributed by atoms with E-state index in [1.165, 1.54) is 5.56 Å². The van der Waals surface area contributed by atoms with E-state index in [0.717, 1.165) is 24.0 Å². The minimum atomic E-state index is -0.248. The van der Waals surface area contributed by atoms with Crippen molar-refractivity contribution in [2.75, 3.05) is 0 Å². The van der Waals surface area contributed by atoms with Crippen molar-refractivity contribution in [2.24, 2.45) is 5.73 Å². The van der Waals surface area contributed by atoms with Crippen LogP contribution in [0.1, 0.15) is 41.9 Å². The van der Waals surface area contributed by atoms with Gasteiger partial charge in [-0.3, -0.25) is 0 Å². The van der Waals surface area contributed by atoms with E-state index in [1.807, 2.05) is 19.1 Å². The molecule has 18 heavy (non-hydrogen) atoms. The molecule has 0 fully saturated rings. The molecule has 1 aromatic carbocycles. The fourth-order valence-corrected chi connectivity index (χ4v) is 1.94. The third-order valence-electron chi connectivity index (χ3n) is 2.93. The zero-order valence-corrected chi connectivity index (χ0v) is 10.9. The van der Waals surface area contributed by atoms with Gasteiger partial charge in [0.05, 0.1) is 6.04 Å². The Balaban J connectivity index is 2.24. The van der Waals surface area contributed by atoms with Crippen LogP contribution in [0.15, 0.2) is 36.7 Å². The largest absolute Gasteiger partial charge is 0.318 e. The Labute approximate surface area is 108 Å². The fraction of sp³-hybridized carbons (Fsp3) is 0.333. The second kappa shape index (κ2) is 5.74. The average Bonchev–Trinajstić information content (AvgIpc) is 2.39. The number of aryl methyl sites for hydroxylation is 2. The second-order valence-corrected chi connectivity index (χ2v) is 4.59. The quantitative estimate of drug-likeness (QED) is 0.895. The van der Waals surface area contributed by atoms with Crippen LogP contribution in [-0.4, -0.2) is 9.97 Å². The Kier molecular flexibility index (Phi) is 4.05. The van der Waals surface area contributed by atoms with Crippen molar-refractivity contribution in [2.45, 2.75) is 32.7 Å². The molecule has 94 valence electrons. The monoisotopic (exact) mass is 241 g/mol. The van der Waals surface area contributed by atoms with Gasteiger partial charge in [0.25, 0.3) is 0 Å². The Morgan fingerprint density at radius 1 is 1.22 bits per heavy atom. The highest BCUT2D eigenvalue weighted by atomic mass is 14.9. The van der Waals surface area contributed by atoms with Crippen molar-refractivity contribution < 1.29 is 0 Å². The highest BCUT2D eigenvalue weighted by Crippen LogP contribution is 2.18. The summed E-state index contributed by atoms with van der Waals surface area (Å²) in [7, 11) is 0. The normalized spacial score (nSPS) is 12.4. The van der Waals surface area contributed by atoms with Gasteiger partial charge in [0.2, 0.25) is 0 Å². The van der Waals surface area contributed by atoms with Crippen LogP contribution >= 0.6 is 0 Å². The summed E-state index contributed by atoms with van der Waals surface area (Å²) < 4.78 is 0. The predicted octanol–water partition coefficient (Wildman–Crippen LogP) is 2.79. The summed E-state index contributed by atoms with van der Waals surface area (Å²) in [6, 6.07) is 8.12. The smallest absolute Gasteiger partial charge is 0.149 e. The molecule has 1 aromatic heterocycles. The Morgan fingerprint density at radius 3 is 2.61 bits per heavy atom. The molecular formula is C15H19N3. The third-order valence-corrected chi connectivity index (χ3v) is 2.93. The summed E-state index contributed by atoms with van der Waals surface area (Å²) in [6.07, 6.45) is 5.82. The van der Waals surface area contributed by atoms with Crippen LogP contribution in [0.2, 0.25) is 0 Å². The number of nitrogens with two attached hydrogens (primary N) is 1. The summed E-state index contributed by atoms with van der Waals surface area (Å²) in [5.41, 5.74) is 9.64. The number of hydrogen-bond acceptors (Lipinski definition) is 3. The number of nitrogens with zero attached hydrogens (tertiary/aromatic N) is 2. The van der Waals surface area contributed by atoms with E-state index in [9.17, 15) is 0 Å². The first-order valence-corrected chi connectivity index (χ1v) is 6.33. The van der Waals surface area contributed by atoms with Gasteiger partial charge in [0.1, 0.15) is 5.82 Å². The zero-order chi connectivity index (χ0) is 13.0. The maximum Gasteiger partial charge on any atom is 0.149 e. The van der Waals surface area contributed by atoms with Crippen molar-refractivity contribution in [3.05, 3.63) is 59.2 Å². The summed E-state index contributed by atoms with van der Waals surface area (Å²) >= 11 is 0. The highest BCUT2D eigenvalue weighted by molar-refractivity contribution is 5.29. The van der Waals surface area contributed by atoms with Crippen LogP contribution in [0, 0.1) is 6.92 Å². The van der Waals surface area contributed by atoms with E-state index >= 15 is 0 Å². The van der Waals surface area contributed by atoms with Gasteiger partial charge in [-0.15, -0.1) is 0 Å². The van der Waals surface area contributed by atoms with Gasteiger partial charge in [-0.25, -0.2) is 9.97 Å². The predicted molar refractivity (Wildman–Crippen MR) is 73.2 cm³/mol. The second-order valence-electron chi connectivity index (χ2n) is 4.59. The van der Waals surface area contributed by atoms with Gasteiger partial charge >= 0.3 is 0 Å². The lowest BCUT2D eigenvalue weighted by Gasteiger charge is -2.12. The molecule has 2 rings (SSSR count). The number of hydrogen-bond donors (Lipinski definition) is 1. The zero-order valence-electron chi connectivity index (χ0n) is 10.9. The van der Waals surface area contributed by atoms with Gasteiger partial charge in [0.15, 0.2) is 0 Å². The lowest BCUT2D eigenvalue weighted by atomic mass is 10.0. The van der Waals surface area contributed by atoms with E-state index in [4.69, 9.17) is 5.73 Å². The first-order chi connectivity index (χ1) is 8.70. The molecule has 0 amide bonds. The lowest BCUT2D eigenvalue weighted by Crippen LogP contribution is -2.15. The minimum absolute atomic E-state index is 0.248. The summed E-state index contributed by atoms with van der Waals surface area (Å²) in [5, 5.41) is 0. The molecule has 0 aliphatic rings. The highest BCUT2D eigenvalue weighted by Gasteiger charge is 2.11. The molecule has 0 spiro atoms. The van der Waals surface area contributed by atoms with Crippen LogP contribution in [0.3, 0.4) is 0 Å². The van der Waals surface area contributed by atoms with E-state index in [2.05, 4.69) is 29.0 Å². The first kappa shape index (κ1) is 12.7. The molecule has 1 atom stereocenters. The minimum Gasteiger partial charge on any atom is -0.318 e. The molecule has 0 radical (unpaired) electrons. The first-order valence-electron chi connectivity index (χ1n) is 6.33. The van der Waals surface area contributed by atoms with E-state index in [-0.39, 0.29) is 6.04 Å². The van der Waals surface area contributed by atoms with Crippen molar-refractivity contribution in [3.63, 3.8) is 0 Å². The lowest BCUT2D eigenvalue weighted by molar-refractivity contribution is 0.774. The number of rotatable bonds is 4. The van der Waals surface area contributed by atoms with Gasteiger partial charge in [0, 0.05) is 12.4 Å². The molecule has 2 aromatic rings. The molecule has 2 N–H and O–H groups in total. The van der Waals surface area contributed by atoms with E-state index in [1.54, 1.807) is 12.4 Å². The summed E-state index contributed by atoms with van der Waals surface area (Å²) in [4.78, 5) is 8.59. The van der Waals surface area contributed by atoms with Crippen LogP contribution in [-0.2, 0) is 6.42 Å². The van der Waals surface area contributed by atoms with Gasteiger partial charge in [-0.05, 0) is 30.0 Å². The van der Waals surface area contributed by atoms with Gasteiger partial charge in [-0.1, -0.05) is 37.6 Å². The molecule has 0 bridgehead atoms. The SMILES string of the molecule is CCCc1cccc(C(N)c2ncc(C)cn2)c1. The van der Waals surface area contributed by atoms with E-state index < -0.39 is 0 Å². The Hall–Kier alpha value is -1.74. The van der Waals surface area contributed by atoms with Crippen molar-refractivity contribution in [1.82, 2.24) is 9.97 Å². The van der Waals surface area contributed by atoms with Crippen LogP contribution in [0.4, 0.5) is 0 Å². The summed E-state index contributed by atoms with van der Waals surface area (Å²) in [6.45, 7) is 4.15. The van der Waals surface area contributed by atoms with Gasteiger partial charge < -0.3 is 5.73 Å². The van der Waals surface area contributed by atoms with E-state index in [0.29, 0.717) is 5.82 Å². The number of benzene rings is 1.